The Labute approximate surface area is 112 Å². The number of ketones is 1. The van der Waals surface area contributed by atoms with Gasteiger partial charge in [-0.05, 0) is 17.5 Å². The van der Waals surface area contributed by atoms with Gasteiger partial charge >= 0.3 is 0 Å². The van der Waals surface area contributed by atoms with E-state index in [1.165, 1.54) is 10.2 Å². The van der Waals surface area contributed by atoms with Gasteiger partial charge in [-0.25, -0.2) is 4.68 Å². The topological polar surface area (TPSA) is 73.8 Å². The van der Waals surface area contributed by atoms with Crippen molar-refractivity contribution in [1.29, 1.82) is 0 Å². The van der Waals surface area contributed by atoms with Crippen molar-refractivity contribution in [3.05, 3.63) is 47.3 Å². The van der Waals surface area contributed by atoms with E-state index in [0.717, 1.165) is 12.0 Å². The maximum Gasteiger partial charge on any atom is 0.158 e. The molecule has 0 aliphatic carbocycles. The molecule has 5 nitrogen and oxygen atoms in total. The van der Waals surface area contributed by atoms with Crippen LogP contribution < -0.4 is 5.73 Å². The summed E-state index contributed by atoms with van der Waals surface area (Å²) < 4.78 is 1.53. The fourth-order valence-corrected chi connectivity index (χ4v) is 1.87. The standard InChI is InChI=1S/C14H18N4O/c1-2-11-3-5-12(6-4-11)7-14(19)10-18-9-13(8-15)16-17-18/h3-6,9H,2,7-8,10,15H2,1H3. The molecule has 2 rings (SSSR count). The Balaban J connectivity index is 1.93. The van der Waals surface area contributed by atoms with E-state index in [1.807, 2.05) is 12.1 Å². The molecule has 100 valence electrons. The van der Waals surface area contributed by atoms with E-state index in [1.54, 1.807) is 6.20 Å². The van der Waals surface area contributed by atoms with Crippen molar-refractivity contribution >= 4 is 5.78 Å². The monoisotopic (exact) mass is 258 g/mol. The van der Waals surface area contributed by atoms with Gasteiger partial charge in [0.2, 0.25) is 0 Å². The number of Topliss-reactive ketones (excluding diaryl/α,β-unsaturated/α-hetero) is 1. The minimum absolute atomic E-state index is 0.109. The molecule has 0 aliphatic heterocycles. The van der Waals surface area contributed by atoms with Gasteiger partial charge in [0.1, 0.15) is 6.54 Å². The Hall–Kier alpha value is -2.01. The van der Waals surface area contributed by atoms with E-state index in [0.29, 0.717) is 18.7 Å². The number of carbonyl (C=O) groups excluding carboxylic acids is 1. The van der Waals surface area contributed by atoms with Gasteiger partial charge in [-0.15, -0.1) is 5.10 Å². The van der Waals surface area contributed by atoms with Crippen molar-refractivity contribution in [3.8, 4) is 0 Å². The third kappa shape index (κ3) is 3.72. The van der Waals surface area contributed by atoms with Crippen molar-refractivity contribution in [2.75, 3.05) is 0 Å². The summed E-state index contributed by atoms with van der Waals surface area (Å²) >= 11 is 0. The molecule has 1 aromatic heterocycles. The summed E-state index contributed by atoms with van der Waals surface area (Å²) in [6.45, 7) is 2.69. The van der Waals surface area contributed by atoms with Crippen LogP contribution in [0.25, 0.3) is 0 Å². The number of rotatable bonds is 6. The molecule has 0 unspecified atom stereocenters. The summed E-state index contributed by atoms with van der Waals surface area (Å²) in [5, 5.41) is 7.72. The zero-order chi connectivity index (χ0) is 13.7. The molecular formula is C14H18N4O. The summed E-state index contributed by atoms with van der Waals surface area (Å²) in [4.78, 5) is 11.9. The maximum atomic E-state index is 11.9. The number of hydrogen-bond donors (Lipinski definition) is 1. The molecule has 0 saturated carbocycles. The summed E-state index contributed by atoms with van der Waals surface area (Å²) in [5.41, 5.74) is 8.45. The molecule has 0 aliphatic rings. The second-order valence-electron chi connectivity index (χ2n) is 4.50. The molecular weight excluding hydrogens is 240 g/mol. The van der Waals surface area contributed by atoms with Crippen LogP contribution in [0.2, 0.25) is 0 Å². The number of carbonyl (C=O) groups is 1. The predicted molar refractivity (Wildman–Crippen MR) is 72.4 cm³/mol. The van der Waals surface area contributed by atoms with Crippen molar-refractivity contribution in [3.63, 3.8) is 0 Å². The average molecular weight is 258 g/mol. The molecule has 1 heterocycles. The van der Waals surface area contributed by atoms with Gasteiger partial charge in [-0.1, -0.05) is 36.4 Å². The fourth-order valence-electron chi connectivity index (χ4n) is 1.87. The third-order valence-electron chi connectivity index (χ3n) is 2.97. The molecule has 19 heavy (non-hydrogen) atoms. The minimum Gasteiger partial charge on any atom is -0.325 e. The highest BCUT2D eigenvalue weighted by Gasteiger charge is 2.07. The van der Waals surface area contributed by atoms with Crippen LogP contribution in [0.15, 0.2) is 30.5 Å². The molecule has 0 bridgehead atoms. The molecule has 0 atom stereocenters. The lowest BCUT2D eigenvalue weighted by atomic mass is 10.1. The molecule has 2 N–H and O–H groups in total. The Morgan fingerprint density at radius 1 is 1.26 bits per heavy atom. The summed E-state index contributed by atoms with van der Waals surface area (Å²) in [7, 11) is 0. The van der Waals surface area contributed by atoms with Crippen molar-refractivity contribution in [1.82, 2.24) is 15.0 Å². The molecule has 2 aromatic rings. The number of hydrogen-bond acceptors (Lipinski definition) is 4. The van der Waals surface area contributed by atoms with Gasteiger partial charge < -0.3 is 5.73 Å². The number of aryl methyl sites for hydroxylation is 1. The maximum absolute atomic E-state index is 11.9. The SMILES string of the molecule is CCc1ccc(CC(=O)Cn2cc(CN)nn2)cc1. The summed E-state index contributed by atoms with van der Waals surface area (Å²) in [6.07, 6.45) is 3.13. The third-order valence-corrected chi connectivity index (χ3v) is 2.97. The molecule has 0 radical (unpaired) electrons. The van der Waals surface area contributed by atoms with Gasteiger partial charge in [-0.2, -0.15) is 0 Å². The second-order valence-corrected chi connectivity index (χ2v) is 4.50. The van der Waals surface area contributed by atoms with E-state index in [-0.39, 0.29) is 12.3 Å². The lowest BCUT2D eigenvalue weighted by Gasteiger charge is -2.02. The zero-order valence-electron chi connectivity index (χ0n) is 11.0. The summed E-state index contributed by atoms with van der Waals surface area (Å²) in [6, 6.07) is 8.13. The highest BCUT2D eigenvalue weighted by atomic mass is 16.1. The van der Waals surface area contributed by atoms with Crippen LogP contribution >= 0.6 is 0 Å². The zero-order valence-corrected chi connectivity index (χ0v) is 11.0. The van der Waals surface area contributed by atoms with Crippen LogP contribution in [-0.4, -0.2) is 20.8 Å². The molecule has 0 spiro atoms. The average Bonchev–Trinajstić information content (AvgIpc) is 2.87. The first-order chi connectivity index (χ1) is 9.21. The van der Waals surface area contributed by atoms with Crippen LogP contribution in [0, 0.1) is 0 Å². The van der Waals surface area contributed by atoms with Gasteiger partial charge in [0.15, 0.2) is 5.78 Å². The van der Waals surface area contributed by atoms with Crippen molar-refractivity contribution < 1.29 is 4.79 Å². The highest BCUT2D eigenvalue weighted by Crippen LogP contribution is 2.06. The largest absolute Gasteiger partial charge is 0.325 e. The Morgan fingerprint density at radius 2 is 1.95 bits per heavy atom. The van der Waals surface area contributed by atoms with Gasteiger partial charge in [0.05, 0.1) is 11.9 Å². The molecule has 5 heteroatoms. The number of benzene rings is 1. The quantitative estimate of drug-likeness (QED) is 0.842. The van der Waals surface area contributed by atoms with Crippen LogP contribution in [0.3, 0.4) is 0 Å². The normalized spacial score (nSPS) is 10.6. The lowest BCUT2D eigenvalue weighted by molar-refractivity contribution is -0.119. The van der Waals surface area contributed by atoms with Crippen LogP contribution in [0.4, 0.5) is 0 Å². The van der Waals surface area contributed by atoms with E-state index in [9.17, 15) is 4.79 Å². The highest BCUT2D eigenvalue weighted by molar-refractivity contribution is 5.80. The molecule has 0 amide bonds. The fraction of sp³-hybridized carbons (Fsp3) is 0.357. The van der Waals surface area contributed by atoms with Crippen LogP contribution in [0.1, 0.15) is 23.7 Å². The smallest absolute Gasteiger partial charge is 0.158 e. The van der Waals surface area contributed by atoms with E-state index < -0.39 is 0 Å². The lowest BCUT2D eigenvalue weighted by Crippen LogP contribution is -2.13. The van der Waals surface area contributed by atoms with Crippen LogP contribution in [0.5, 0.6) is 0 Å². The Kier molecular flexibility index (Phi) is 4.41. The van der Waals surface area contributed by atoms with Gasteiger partial charge in [-0.3, -0.25) is 4.79 Å². The Morgan fingerprint density at radius 3 is 2.53 bits per heavy atom. The number of nitrogens with zero attached hydrogens (tertiary/aromatic N) is 3. The second kappa shape index (κ2) is 6.24. The first-order valence-electron chi connectivity index (χ1n) is 6.40. The van der Waals surface area contributed by atoms with Crippen LogP contribution in [-0.2, 0) is 30.7 Å². The van der Waals surface area contributed by atoms with E-state index >= 15 is 0 Å². The Bertz CT molecular complexity index is 545. The minimum atomic E-state index is 0.109. The first-order valence-corrected chi connectivity index (χ1v) is 6.40. The molecule has 1 aromatic carbocycles. The number of aromatic nitrogens is 3. The number of nitrogens with two attached hydrogens (primary N) is 1. The van der Waals surface area contributed by atoms with E-state index in [4.69, 9.17) is 5.73 Å². The molecule has 0 saturated heterocycles. The van der Waals surface area contributed by atoms with Crippen molar-refractivity contribution in [2.45, 2.75) is 32.9 Å². The molecule has 0 fully saturated rings. The van der Waals surface area contributed by atoms with Gasteiger partial charge in [0.25, 0.3) is 0 Å². The van der Waals surface area contributed by atoms with E-state index in [2.05, 4.69) is 29.4 Å². The predicted octanol–water partition coefficient (Wildman–Crippen LogP) is 1.11. The van der Waals surface area contributed by atoms with Gasteiger partial charge in [0, 0.05) is 13.0 Å². The summed E-state index contributed by atoms with van der Waals surface area (Å²) in [5.74, 6) is 0.109. The first kappa shape index (κ1) is 13.4. The van der Waals surface area contributed by atoms with Crippen molar-refractivity contribution in [2.24, 2.45) is 5.73 Å².